The van der Waals surface area contributed by atoms with Crippen LogP contribution in [0.15, 0.2) is 24.5 Å². The summed E-state index contributed by atoms with van der Waals surface area (Å²) in [6.45, 7) is 2.35. The molecule has 2 aromatic heterocycles. The number of nitrogens with one attached hydrogen (secondary N) is 1. The lowest BCUT2D eigenvalue weighted by atomic mass is 10.0. The van der Waals surface area contributed by atoms with Crippen LogP contribution in [0.3, 0.4) is 0 Å². The fourth-order valence-corrected chi connectivity index (χ4v) is 3.92. The molecule has 0 aromatic carbocycles. The van der Waals surface area contributed by atoms with Gasteiger partial charge in [0, 0.05) is 36.3 Å². The Kier molecular flexibility index (Phi) is 4.30. The van der Waals surface area contributed by atoms with Crippen LogP contribution in [0.5, 0.6) is 0 Å². The standard InChI is InChI=1S/C16H15N3O4S/c1-9(20)19-7-4-11-12(8-19)24-15(13(11)16(22)23)18-14(21)10-2-5-17-6-3-10/h2-3,5-6H,4,7-8H2,1H3,(H,18,21)(H,22,23). The molecule has 0 aliphatic carbocycles. The minimum absolute atomic E-state index is 0.0479. The number of carboxylic acids is 1. The highest BCUT2D eigenvalue weighted by Crippen LogP contribution is 2.37. The Labute approximate surface area is 141 Å². The lowest BCUT2D eigenvalue weighted by molar-refractivity contribution is -0.129. The highest BCUT2D eigenvalue weighted by molar-refractivity contribution is 7.17. The number of pyridine rings is 1. The maximum absolute atomic E-state index is 12.3. The van der Waals surface area contributed by atoms with Crippen molar-refractivity contribution < 1.29 is 19.5 Å². The molecular weight excluding hydrogens is 330 g/mol. The molecule has 3 heterocycles. The average Bonchev–Trinajstić information content (AvgIpc) is 2.92. The van der Waals surface area contributed by atoms with Crippen LogP contribution in [0, 0.1) is 0 Å². The first-order chi connectivity index (χ1) is 11.5. The number of carbonyl (C=O) groups is 3. The van der Waals surface area contributed by atoms with Gasteiger partial charge in [0.2, 0.25) is 5.91 Å². The fourth-order valence-electron chi connectivity index (χ4n) is 2.67. The minimum atomic E-state index is -1.08. The van der Waals surface area contributed by atoms with Crippen LogP contribution in [-0.2, 0) is 17.8 Å². The minimum Gasteiger partial charge on any atom is -0.478 e. The van der Waals surface area contributed by atoms with E-state index in [1.54, 1.807) is 17.0 Å². The van der Waals surface area contributed by atoms with Crippen LogP contribution < -0.4 is 5.32 Å². The molecular formula is C16H15N3O4S. The zero-order valence-electron chi connectivity index (χ0n) is 12.9. The lowest BCUT2D eigenvalue weighted by Crippen LogP contribution is -2.33. The third kappa shape index (κ3) is 3.00. The van der Waals surface area contributed by atoms with E-state index in [1.165, 1.54) is 30.7 Å². The van der Waals surface area contributed by atoms with Crippen LogP contribution in [0.2, 0.25) is 0 Å². The SMILES string of the molecule is CC(=O)N1CCc2c(sc(NC(=O)c3ccncc3)c2C(=O)O)C1. The molecule has 0 bridgehead atoms. The Hall–Kier alpha value is -2.74. The highest BCUT2D eigenvalue weighted by atomic mass is 32.1. The molecule has 0 unspecified atom stereocenters. The van der Waals surface area contributed by atoms with E-state index in [-0.39, 0.29) is 17.4 Å². The first-order valence-corrected chi connectivity index (χ1v) is 8.13. The average molecular weight is 345 g/mol. The summed E-state index contributed by atoms with van der Waals surface area (Å²) in [5, 5.41) is 12.5. The molecule has 0 spiro atoms. The number of carboxylic acid groups (broad SMARTS) is 1. The Morgan fingerprint density at radius 2 is 2.00 bits per heavy atom. The van der Waals surface area contributed by atoms with Gasteiger partial charge in [0.25, 0.3) is 5.91 Å². The van der Waals surface area contributed by atoms with Gasteiger partial charge in [-0.15, -0.1) is 11.3 Å². The molecule has 124 valence electrons. The number of nitrogens with zero attached hydrogens (tertiary/aromatic N) is 2. The quantitative estimate of drug-likeness (QED) is 0.886. The number of fused-ring (bicyclic) bond motifs is 1. The van der Waals surface area contributed by atoms with Crippen molar-refractivity contribution in [1.29, 1.82) is 0 Å². The van der Waals surface area contributed by atoms with Crippen molar-refractivity contribution in [3.8, 4) is 0 Å². The summed E-state index contributed by atoms with van der Waals surface area (Å²) in [6.07, 6.45) is 3.46. The molecule has 2 aromatic rings. The molecule has 7 nitrogen and oxygen atoms in total. The molecule has 1 aliphatic rings. The van der Waals surface area contributed by atoms with Gasteiger partial charge in [0.15, 0.2) is 0 Å². The summed E-state index contributed by atoms with van der Waals surface area (Å²) in [4.78, 5) is 41.8. The molecule has 0 fully saturated rings. The Morgan fingerprint density at radius 1 is 1.29 bits per heavy atom. The van der Waals surface area contributed by atoms with E-state index in [0.717, 1.165) is 4.88 Å². The lowest BCUT2D eigenvalue weighted by Gasteiger charge is -2.25. The molecule has 2 amide bonds. The van der Waals surface area contributed by atoms with Gasteiger partial charge in [-0.3, -0.25) is 14.6 Å². The molecule has 3 rings (SSSR count). The smallest absolute Gasteiger partial charge is 0.339 e. The summed E-state index contributed by atoms with van der Waals surface area (Å²) in [7, 11) is 0. The van der Waals surface area contributed by atoms with Crippen molar-refractivity contribution in [3.05, 3.63) is 46.1 Å². The molecule has 24 heavy (non-hydrogen) atoms. The summed E-state index contributed by atoms with van der Waals surface area (Å²) in [6, 6.07) is 3.11. The number of amides is 2. The van der Waals surface area contributed by atoms with Gasteiger partial charge in [-0.05, 0) is 24.1 Å². The number of aromatic carboxylic acids is 1. The monoisotopic (exact) mass is 345 g/mol. The second kappa shape index (κ2) is 6.40. The second-order valence-corrected chi connectivity index (χ2v) is 6.50. The largest absolute Gasteiger partial charge is 0.478 e. The van der Waals surface area contributed by atoms with E-state index in [4.69, 9.17) is 0 Å². The number of hydrogen-bond donors (Lipinski definition) is 2. The maximum atomic E-state index is 12.3. The molecule has 1 aliphatic heterocycles. The number of hydrogen-bond acceptors (Lipinski definition) is 5. The summed E-state index contributed by atoms with van der Waals surface area (Å²) in [5.74, 6) is -1.51. The molecule has 2 N–H and O–H groups in total. The topological polar surface area (TPSA) is 99.6 Å². The van der Waals surface area contributed by atoms with E-state index in [2.05, 4.69) is 10.3 Å². The van der Waals surface area contributed by atoms with Crippen LogP contribution in [0.1, 0.15) is 38.1 Å². The Bertz CT molecular complexity index is 816. The second-order valence-electron chi connectivity index (χ2n) is 5.39. The van der Waals surface area contributed by atoms with Gasteiger partial charge in [-0.2, -0.15) is 0 Å². The maximum Gasteiger partial charge on any atom is 0.339 e. The van der Waals surface area contributed by atoms with Gasteiger partial charge in [-0.25, -0.2) is 4.79 Å². The van der Waals surface area contributed by atoms with Crippen molar-refractivity contribution in [3.63, 3.8) is 0 Å². The molecule has 0 saturated carbocycles. The van der Waals surface area contributed by atoms with Gasteiger partial charge < -0.3 is 15.3 Å². The first kappa shape index (κ1) is 16.1. The van der Waals surface area contributed by atoms with Crippen LogP contribution >= 0.6 is 11.3 Å². The van der Waals surface area contributed by atoms with Crippen LogP contribution in [0.4, 0.5) is 5.00 Å². The van der Waals surface area contributed by atoms with Crippen molar-refractivity contribution in [2.24, 2.45) is 0 Å². The predicted octanol–water partition coefficient (Wildman–Crippen LogP) is 2.00. The summed E-state index contributed by atoms with van der Waals surface area (Å²) >= 11 is 1.21. The van der Waals surface area contributed by atoms with Crippen molar-refractivity contribution in [1.82, 2.24) is 9.88 Å². The molecule has 8 heteroatoms. The predicted molar refractivity (Wildman–Crippen MR) is 88.3 cm³/mol. The van der Waals surface area contributed by atoms with E-state index in [1.807, 2.05) is 0 Å². The first-order valence-electron chi connectivity index (χ1n) is 7.32. The Balaban J connectivity index is 1.93. The van der Waals surface area contributed by atoms with Crippen molar-refractivity contribution in [2.75, 3.05) is 11.9 Å². The third-order valence-electron chi connectivity index (χ3n) is 3.89. The zero-order chi connectivity index (χ0) is 17.3. The van der Waals surface area contributed by atoms with E-state index in [9.17, 15) is 19.5 Å². The van der Waals surface area contributed by atoms with Gasteiger partial charge >= 0.3 is 5.97 Å². The normalized spacial score (nSPS) is 13.3. The van der Waals surface area contributed by atoms with E-state index in [0.29, 0.717) is 35.6 Å². The number of anilines is 1. The summed E-state index contributed by atoms with van der Waals surface area (Å²) < 4.78 is 0. The number of thiophene rings is 1. The third-order valence-corrected chi connectivity index (χ3v) is 5.02. The molecule has 0 atom stereocenters. The van der Waals surface area contributed by atoms with Gasteiger partial charge in [0.1, 0.15) is 5.00 Å². The molecule has 0 radical (unpaired) electrons. The van der Waals surface area contributed by atoms with Crippen LogP contribution in [0.25, 0.3) is 0 Å². The highest BCUT2D eigenvalue weighted by Gasteiger charge is 2.29. The number of aromatic nitrogens is 1. The van der Waals surface area contributed by atoms with Crippen LogP contribution in [-0.4, -0.2) is 39.3 Å². The number of rotatable bonds is 3. The van der Waals surface area contributed by atoms with E-state index >= 15 is 0 Å². The van der Waals surface area contributed by atoms with Gasteiger partial charge in [0.05, 0.1) is 12.1 Å². The fraction of sp³-hybridized carbons (Fsp3) is 0.250. The van der Waals surface area contributed by atoms with Gasteiger partial charge in [-0.1, -0.05) is 0 Å². The van der Waals surface area contributed by atoms with Crippen molar-refractivity contribution >= 4 is 34.1 Å². The van der Waals surface area contributed by atoms with Crippen molar-refractivity contribution in [2.45, 2.75) is 19.9 Å². The number of carbonyl (C=O) groups excluding carboxylic acids is 2. The summed E-state index contributed by atoms with van der Waals surface area (Å²) in [5.41, 5.74) is 1.23. The Morgan fingerprint density at radius 3 is 2.62 bits per heavy atom. The zero-order valence-corrected chi connectivity index (χ0v) is 13.7. The molecule has 0 saturated heterocycles. The van der Waals surface area contributed by atoms with E-state index < -0.39 is 5.97 Å².